The zero-order valence-corrected chi connectivity index (χ0v) is 9.37. The fraction of sp³-hybridized carbons (Fsp3) is 0.909. The second-order valence-corrected chi connectivity index (χ2v) is 4.52. The normalized spacial score (nSPS) is 33.0. The van der Waals surface area contributed by atoms with E-state index in [2.05, 4.69) is 17.1 Å². The summed E-state index contributed by atoms with van der Waals surface area (Å²) >= 11 is 0. The minimum Gasteiger partial charge on any atom is -0.367 e. The van der Waals surface area contributed by atoms with Gasteiger partial charge in [0.1, 0.15) is 6.61 Å². The smallest absolute Gasteiger partial charge is 0.246 e. The Morgan fingerprint density at radius 2 is 2.47 bits per heavy atom. The Labute approximate surface area is 91.0 Å². The van der Waals surface area contributed by atoms with Crippen LogP contribution in [0.4, 0.5) is 0 Å². The van der Waals surface area contributed by atoms with Crippen molar-refractivity contribution in [2.45, 2.75) is 25.9 Å². The lowest BCUT2D eigenvalue weighted by Gasteiger charge is -2.25. The van der Waals surface area contributed by atoms with Crippen LogP contribution in [-0.4, -0.2) is 49.7 Å². The summed E-state index contributed by atoms with van der Waals surface area (Å²) in [5, 5.41) is 2.85. The van der Waals surface area contributed by atoms with E-state index >= 15 is 0 Å². The number of morpholine rings is 1. The number of nitrogens with zero attached hydrogens (tertiary/aromatic N) is 1. The summed E-state index contributed by atoms with van der Waals surface area (Å²) < 4.78 is 5.49. The van der Waals surface area contributed by atoms with Crippen LogP contribution in [0.5, 0.6) is 0 Å². The van der Waals surface area contributed by atoms with Crippen molar-refractivity contribution in [1.82, 2.24) is 10.2 Å². The maximum atomic E-state index is 10.9. The highest BCUT2D eigenvalue weighted by molar-refractivity contribution is 5.77. The SMILES string of the molecule is CCN1CCC(CC2CNC(=O)CO2)C1. The van der Waals surface area contributed by atoms with Crippen LogP contribution in [-0.2, 0) is 9.53 Å². The highest BCUT2D eigenvalue weighted by atomic mass is 16.5. The van der Waals surface area contributed by atoms with Crippen LogP contribution in [0.2, 0.25) is 0 Å². The number of nitrogens with one attached hydrogen (secondary N) is 1. The Morgan fingerprint density at radius 1 is 1.60 bits per heavy atom. The van der Waals surface area contributed by atoms with Crippen LogP contribution in [0.15, 0.2) is 0 Å². The monoisotopic (exact) mass is 212 g/mol. The maximum Gasteiger partial charge on any atom is 0.246 e. The van der Waals surface area contributed by atoms with Crippen molar-refractivity contribution in [2.75, 3.05) is 32.8 Å². The van der Waals surface area contributed by atoms with Gasteiger partial charge in [0.2, 0.25) is 5.91 Å². The lowest BCUT2D eigenvalue weighted by atomic mass is 10.0. The van der Waals surface area contributed by atoms with Crippen molar-refractivity contribution in [3.05, 3.63) is 0 Å². The van der Waals surface area contributed by atoms with Crippen LogP contribution >= 0.6 is 0 Å². The summed E-state index contributed by atoms with van der Waals surface area (Å²) in [6.45, 7) is 6.72. The molecule has 0 aromatic heterocycles. The molecule has 15 heavy (non-hydrogen) atoms. The van der Waals surface area contributed by atoms with Crippen molar-refractivity contribution in [1.29, 1.82) is 0 Å². The van der Waals surface area contributed by atoms with Crippen LogP contribution in [0.1, 0.15) is 19.8 Å². The highest BCUT2D eigenvalue weighted by Gasteiger charge is 2.26. The first-order valence-electron chi connectivity index (χ1n) is 5.88. The molecule has 0 bridgehead atoms. The molecule has 1 N–H and O–H groups in total. The average molecular weight is 212 g/mol. The van der Waals surface area contributed by atoms with Gasteiger partial charge in [0.25, 0.3) is 0 Å². The van der Waals surface area contributed by atoms with E-state index in [9.17, 15) is 4.79 Å². The summed E-state index contributed by atoms with van der Waals surface area (Å²) in [7, 11) is 0. The van der Waals surface area contributed by atoms with Crippen LogP contribution in [0, 0.1) is 5.92 Å². The summed E-state index contributed by atoms with van der Waals surface area (Å²) in [5.41, 5.74) is 0. The van der Waals surface area contributed by atoms with Crippen molar-refractivity contribution >= 4 is 5.91 Å². The number of likely N-dealkylation sites (tertiary alicyclic amines) is 1. The molecule has 2 aliphatic rings. The van der Waals surface area contributed by atoms with E-state index in [0.29, 0.717) is 6.54 Å². The number of carbonyl (C=O) groups is 1. The maximum absolute atomic E-state index is 10.9. The van der Waals surface area contributed by atoms with Gasteiger partial charge in [-0.15, -0.1) is 0 Å². The molecule has 1 amide bonds. The number of rotatable bonds is 3. The molecule has 2 aliphatic heterocycles. The predicted octanol–water partition coefficient (Wildman–Crippen LogP) is 0.233. The van der Waals surface area contributed by atoms with Crippen molar-refractivity contribution in [3.63, 3.8) is 0 Å². The first-order valence-corrected chi connectivity index (χ1v) is 5.88. The molecule has 2 fully saturated rings. The van der Waals surface area contributed by atoms with Gasteiger partial charge in [-0.3, -0.25) is 4.79 Å². The molecule has 4 nitrogen and oxygen atoms in total. The van der Waals surface area contributed by atoms with E-state index in [4.69, 9.17) is 4.74 Å². The number of amides is 1. The molecule has 2 rings (SSSR count). The molecule has 0 radical (unpaired) electrons. The molecule has 0 aromatic rings. The van der Waals surface area contributed by atoms with Crippen molar-refractivity contribution in [2.24, 2.45) is 5.92 Å². The Balaban J connectivity index is 1.71. The molecule has 0 saturated carbocycles. The second-order valence-electron chi connectivity index (χ2n) is 4.52. The first-order chi connectivity index (χ1) is 7.28. The summed E-state index contributed by atoms with van der Waals surface area (Å²) in [6.07, 6.45) is 2.61. The molecular formula is C11H20N2O2. The topological polar surface area (TPSA) is 41.6 Å². The number of hydrogen-bond acceptors (Lipinski definition) is 3. The van der Waals surface area contributed by atoms with Gasteiger partial charge in [-0.1, -0.05) is 6.92 Å². The number of hydrogen-bond donors (Lipinski definition) is 1. The Morgan fingerprint density at radius 3 is 3.07 bits per heavy atom. The van der Waals surface area contributed by atoms with Crippen molar-refractivity contribution < 1.29 is 9.53 Å². The third-order valence-electron chi connectivity index (χ3n) is 3.39. The van der Waals surface area contributed by atoms with Gasteiger partial charge in [-0.25, -0.2) is 0 Å². The molecule has 2 saturated heterocycles. The molecule has 86 valence electrons. The molecule has 0 spiro atoms. The molecule has 2 unspecified atom stereocenters. The van der Waals surface area contributed by atoms with E-state index in [1.807, 2.05) is 0 Å². The van der Waals surface area contributed by atoms with Crippen molar-refractivity contribution in [3.8, 4) is 0 Å². The Kier molecular flexibility index (Phi) is 3.59. The van der Waals surface area contributed by atoms with Crippen LogP contribution in [0.25, 0.3) is 0 Å². The van der Waals surface area contributed by atoms with Gasteiger partial charge in [0.15, 0.2) is 0 Å². The second kappa shape index (κ2) is 4.94. The van der Waals surface area contributed by atoms with E-state index in [-0.39, 0.29) is 18.6 Å². The van der Waals surface area contributed by atoms with Crippen LogP contribution < -0.4 is 5.32 Å². The first kappa shape index (κ1) is 10.9. The number of ether oxygens (including phenoxy) is 1. The minimum absolute atomic E-state index is 0.0212. The quantitative estimate of drug-likeness (QED) is 0.728. The largest absolute Gasteiger partial charge is 0.367 e. The summed E-state index contributed by atoms with van der Waals surface area (Å²) in [4.78, 5) is 13.4. The molecule has 0 aromatic carbocycles. The molecular weight excluding hydrogens is 192 g/mol. The lowest BCUT2D eigenvalue weighted by molar-refractivity contribution is -0.133. The zero-order chi connectivity index (χ0) is 10.7. The van der Waals surface area contributed by atoms with E-state index in [1.54, 1.807) is 0 Å². The van der Waals surface area contributed by atoms with Crippen LogP contribution in [0.3, 0.4) is 0 Å². The summed E-state index contributed by atoms with van der Waals surface area (Å²) in [6, 6.07) is 0. The number of carbonyl (C=O) groups excluding carboxylic acids is 1. The molecule has 4 heteroatoms. The molecule has 2 atom stereocenters. The predicted molar refractivity (Wildman–Crippen MR) is 57.6 cm³/mol. The summed E-state index contributed by atoms with van der Waals surface area (Å²) in [5.74, 6) is 0.776. The lowest BCUT2D eigenvalue weighted by Crippen LogP contribution is -2.43. The third-order valence-corrected chi connectivity index (χ3v) is 3.39. The van der Waals surface area contributed by atoms with Gasteiger partial charge in [-0.2, -0.15) is 0 Å². The van der Waals surface area contributed by atoms with E-state index in [1.165, 1.54) is 19.5 Å². The zero-order valence-electron chi connectivity index (χ0n) is 9.37. The fourth-order valence-corrected chi connectivity index (χ4v) is 2.45. The minimum atomic E-state index is 0.0212. The highest BCUT2D eigenvalue weighted by Crippen LogP contribution is 2.22. The fourth-order valence-electron chi connectivity index (χ4n) is 2.45. The molecule has 2 heterocycles. The van der Waals surface area contributed by atoms with Gasteiger partial charge in [0, 0.05) is 13.1 Å². The van der Waals surface area contributed by atoms with Gasteiger partial charge < -0.3 is 15.0 Å². The Hall–Kier alpha value is -0.610. The van der Waals surface area contributed by atoms with Gasteiger partial charge in [0.05, 0.1) is 6.10 Å². The molecule has 0 aliphatic carbocycles. The van der Waals surface area contributed by atoms with Gasteiger partial charge >= 0.3 is 0 Å². The standard InChI is InChI=1S/C11H20N2O2/c1-2-13-4-3-9(7-13)5-10-6-12-11(14)8-15-10/h9-10H,2-8H2,1H3,(H,12,14). The van der Waals surface area contributed by atoms with E-state index < -0.39 is 0 Å². The Bertz CT molecular complexity index is 223. The van der Waals surface area contributed by atoms with E-state index in [0.717, 1.165) is 18.9 Å². The third kappa shape index (κ3) is 2.92. The average Bonchev–Trinajstić information content (AvgIpc) is 2.69. The van der Waals surface area contributed by atoms with Gasteiger partial charge in [-0.05, 0) is 31.8 Å².